The van der Waals surface area contributed by atoms with Gasteiger partial charge in [-0.1, -0.05) is 22.0 Å². The van der Waals surface area contributed by atoms with Crippen LogP contribution in [0.15, 0.2) is 30.6 Å². The summed E-state index contributed by atoms with van der Waals surface area (Å²) in [6.45, 7) is 1.92. The minimum Gasteiger partial charge on any atom is -0.315 e. The summed E-state index contributed by atoms with van der Waals surface area (Å²) in [5.74, 6) is -0.187. The lowest BCUT2D eigenvalue weighted by atomic mass is 10.0. The topological polar surface area (TPSA) is 88.1 Å². The Balaban J connectivity index is 2.20. The first-order valence-electron chi connectivity index (χ1n) is 7.94. The second-order valence-corrected chi connectivity index (χ2v) is 7.15. The number of anilines is 2. The van der Waals surface area contributed by atoms with Gasteiger partial charge < -0.3 is 10.2 Å². The van der Waals surface area contributed by atoms with Crippen LogP contribution in [-0.4, -0.2) is 34.8 Å². The molecule has 2 heterocycles. The van der Waals surface area contributed by atoms with Crippen LogP contribution in [0.5, 0.6) is 0 Å². The van der Waals surface area contributed by atoms with E-state index in [-0.39, 0.29) is 10.5 Å². The van der Waals surface area contributed by atoms with Crippen molar-refractivity contribution in [2.24, 2.45) is 0 Å². The minimum absolute atomic E-state index is 0.0923. The average molecular weight is 432 g/mol. The summed E-state index contributed by atoms with van der Waals surface area (Å²) in [7, 11) is 1.47. The Hall–Kier alpha value is -2.94. The van der Waals surface area contributed by atoms with Gasteiger partial charge in [0.05, 0.1) is 16.8 Å². The van der Waals surface area contributed by atoms with E-state index >= 15 is 0 Å². The Kier molecular flexibility index (Phi) is 5.41. The summed E-state index contributed by atoms with van der Waals surface area (Å²) in [5.41, 5.74) is 2.40. The molecule has 0 saturated carbocycles. The SMILES string of the molecule is CC(Br)c1cc(-c2ccc(N(C)C=O)c(F)c2)nc2ncnc(NC=O)c12. The molecular formula is C18H15BrFN5O2. The van der Waals surface area contributed by atoms with E-state index in [1.54, 1.807) is 12.1 Å². The number of fused-ring (bicyclic) bond motifs is 1. The Morgan fingerprint density at radius 3 is 2.67 bits per heavy atom. The summed E-state index contributed by atoms with van der Waals surface area (Å²) in [4.78, 5) is 35.5. The maximum atomic E-state index is 14.4. The van der Waals surface area contributed by atoms with Crippen LogP contribution in [0.25, 0.3) is 22.3 Å². The molecule has 9 heteroatoms. The van der Waals surface area contributed by atoms with Gasteiger partial charge in [0.15, 0.2) is 5.65 Å². The van der Waals surface area contributed by atoms with Crippen molar-refractivity contribution in [3.8, 4) is 11.3 Å². The number of hydrogen-bond acceptors (Lipinski definition) is 5. The molecule has 7 nitrogen and oxygen atoms in total. The van der Waals surface area contributed by atoms with Crippen LogP contribution >= 0.6 is 15.9 Å². The molecule has 138 valence electrons. The lowest BCUT2D eigenvalue weighted by Crippen LogP contribution is -2.15. The number of alkyl halides is 1. The lowest BCUT2D eigenvalue weighted by molar-refractivity contribution is -0.107. The Bertz CT molecular complexity index is 1030. The van der Waals surface area contributed by atoms with Crippen LogP contribution in [0.2, 0.25) is 0 Å². The number of pyridine rings is 1. The fourth-order valence-corrected chi connectivity index (χ4v) is 3.09. The van der Waals surface area contributed by atoms with Gasteiger partial charge in [0, 0.05) is 17.4 Å². The van der Waals surface area contributed by atoms with Crippen LogP contribution in [0.1, 0.15) is 17.3 Å². The molecule has 0 spiro atoms. The Labute approximate surface area is 162 Å². The van der Waals surface area contributed by atoms with Crippen molar-refractivity contribution in [1.29, 1.82) is 0 Å². The van der Waals surface area contributed by atoms with E-state index in [9.17, 15) is 14.0 Å². The molecule has 1 N–H and O–H groups in total. The van der Waals surface area contributed by atoms with Gasteiger partial charge in [-0.2, -0.15) is 0 Å². The zero-order valence-corrected chi connectivity index (χ0v) is 16.1. The van der Waals surface area contributed by atoms with Gasteiger partial charge in [0.2, 0.25) is 12.8 Å². The predicted molar refractivity (Wildman–Crippen MR) is 104 cm³/mol. The highest BCUT2D eigenvalue weighted by Gasteiger charge is 2.17. The van der Waals surface area contributed by atoms with Crippen molar-refractivity contribution in [2.45, 2.75) is 11.8 Å². The zero-order chi connectivity index (χ0) is 19.6. The third kappa shape index (κ3) is 3.63. The molecule has 3 rings (SSSR count). The van der Waals surface area contributed by atoms with Crippen LogP contribution in [-0.2, 0) is 9.59 Å². The van der Waals surface area contributed by atoms with Gasteiger partial charge >= 0.3 is 0 Å². The fourth-order valence-electron chi connectivity index (χ4n) is 2.73. The molecule has 1 atom stereocenters. The fraction of sp³-hybridized carbons (Fsp3) is 0.167. The highest BCUT2D eigenvalue weighted by Crippen LogP contribution is 2.35. The highest BCUT2D eigenvalue weighted by atomic mass is 79.9. The van der Waals surface area contributed by atoms with E-state index in [2.05, 4.69) is 36.2 Å². The van der Waals surface area contributed by atoms with Gasteiger partial charge in [-0.3, -0.25) is 9.59 Å². The summed E-state index contributed by atoms with van der Waals surface area (Å²) < 4.78 is 14.4. The minimum atomic E-state index is -0.538. The van der Waals surface area contributed by atoms with E-state index in [1.807, 2.05) is 6.92 Å². The molecule has 0 fully saturated rings. The van der Waals surface area contributed by atoms with Crippen molar-refractivity contribution in [2.75, 3.05) is 17.3 Å². The highest BCUT2D eigenvalue weighted by molar-refractivity contribution is 9.09. The molecule has 2 amide bonds. The van der Waals surface area contributed by atoms with E-state index in [4.69, 9.17) is 0 Å². The molecule has 1 aromatic carbocycles. The number of carbonyl (C=O) groups is 2. The first-order valence-corrected chi connectivity index (χ1v) is 8.85. The van der Waals surface area contributed by atoms with Crippen LogP contribution in [0.3, 0.4) is 0 Å². The molecular weight excluding hydrogens is 417 g/mol. The third-order valence-electron chi connectivity index (χ3n) is 4.04. The number of hydrogen-bond donors (Lipinski definition) is 1. The second-order valence-electron chi connectivity index (χ2n) is 5.78. The number of halogens is 2. The maximum absolute atomic E-state index is 14.4. The number of rotatable bonds is 6. The smallest absolute Gasteiger partial charge is 0.213 e. The summed E-state index contributed by atoms with van der Waals surface area (Å²) in [5, 5.41) is 3.16. The summed E-state index contributed by atoms with van der Waals surface area (Å²) in [6, 6.07) is 6.31. The zero-order valence-electron chi connectivity index (χ0n) is 14.5. The van der Waals surface area contributed by atoms with E-state index in [1.165, 1.54) is 25.5 Å². The molecule has 0 aliphatic heterocycles. The summed E-state index contributed by atoms with van der Waals surface area (Å²) >= 11 is 3.53. The summed E-state index contributed by atoms with van der Waals surface area (Å²) in [6.07, 6.45) is 2.38. The van der Waals surface area contributed by atoms with E-state index < -0.39 is 5.82 Å². The van der Waals surface area contributed by atoms with Crippen molar-refractivity contribution in [3.63, 3.8) is 0 Å². The standard InChI is InChI=1S/C18H15BrFN5O2/c1-10(19)12-6-14(11-3-4-15(13(20)5-11)25(2)9-27)24-18-16(12)17(23-8-26)21-7-22-18/h3-10H,1-2H3,(H,21,22,23,24,26). The van der Waals surface area contributed by atoms with Crippen molar-refractivity contribution >= 4 is 51.3 Å². The number of amides is 2. The molecule has 2 aromatic heterocycles. The molecule has 0 bridgehead atoms. The number of aromatic nitrogens is 3. The van der Waals surface area contributed by atoms with Gasteiger partial charge in [0.1, 0.15) is 18.0 Å². The van der Waals surface area contributed by atoms with Crippen molar-refractivity contribution in [3.05, 3.63) is 42.0 Å². The predicted octanol–water partition coefficient (Wildman–Crippen LogP) is 3.45. The van der Waals surface area contributed by atoms with Crippen LogP contribution < -0.4 is 10.2 Å². The third-order valence-corrected chi connectivity index (χ3v) is 4.53. The Morgan fingerprint density at radius 1 is 1.26 bits per heavy atom. The van der Waals surface area contributed by atoms with Gasteiger partial charge in [-0.25, -0.2) is 19.3 Å². The number of benzene rings is 1. The number of carbonyl (C=O) groups excluding carboxylic acids is 2. The normalized spacial score (nSPS) is 11.9. The lowest BCUT2D eigenvalue weighted by Gasteiger charge is -2.15. The molecule has 1 unspecified atom stereocenters. The first kappa shape index (κ1) is 18.8. The monoisotopic (exact) mass is 431 g/mol. The van der Waals surface area contributed by atoms with Gasteiger partial charge in [-0.15, -0.1) is 0 Å². The molecule has 0 aliphatic rings. The van der Waals surface area contributed by atoms with Gasteiger partial charge in [0.25, 0.3) is 0 Å². The molecule has 0 saturated heterocycles. The van der Waals surface area contributed by atoms with E-state index in [0.29, 0.717) is 40.9 Å². The number of nitrogens with zero attached hydrogens (tertiary/aromatic N) is 4. The quantitative estimate of drug-likeness (QED) is 0.476. The maximum Gasteiger partial charge on any atom is 0.213 e. The van der Waals surface area contributed by atoms with Crippen LogP contribution in [0, 0.1) is 5.82 Å². The molecule has 0 radical (unpaired) electrons. The molecule has 3 aromatic rings. The van der Waals surface area contributed by atoms with Gasteiger partial charge in [-0.05, 0) is 30.7 Å². The number of nitrogens with one attached hydrogen (secondary N) is 1. The first-order chi connectivity index (χ1) is 13.0. The Morgan fingerprint density at radius 2 is 2.04 bits per heavy atom. The largest absolute Gasteiger partial charge is 0.315 e. The molecule has 27 heavy (non-hydrogen) atoms. The van der Waals surface area contributed by atoms with Crippen LogP contribution in [0.4, 0.5) is 15.9 Å². The van der Waals surface area contributed by atoms with Crippen molar-refractivity contribution in [1.82, 2.24) is 15.0 Å². The van der Waals surface area contributed by atoms with E-state index in [0.717, 1.165) is 10.5 Å². The molecule has 0 aliphatic carbocycles. The average Bonchev–Trinajstić information content (AvgIpc) is 2.66. The van der Waals surface area contributed by atoms with Crippen molar-refractivity contribution < 1.29 is 14.0 Å². The second kappa shape index (κ2) is 7.75.